The van der Waals surface area contributed by atoms with Crippen molar-refractivity contribution < 1.29 is 24.0 Å². The Bertz CT molecular complexity index is 1120. The van der Waals surface area contributed by atoms with E-state index in [0.717, 1.165) is 11.0 Å². The van der Waals surface area contributed by atoms with Crippen LogP contribution < -0.4 is 19.7 Å². The number of fused-ring (bicyclic) bond motifs is 1. The fourth-order valence-electron chi connectivity index (χ4n) is 2.92. The smallest absolute Gasteiger partial charge is 0.322 e. The molecule has 1 saturated heterocycles. The molecule has 0 atom stereocenters. The number of rotatable bonds is 3. The molecule has 0 unspecified atom stereocenters. The lowest BCUT2D eigenvalue weighted by atomic mass is 10.0. The van der Waals surface area contributed by atoms with E-state index in [2.05, 4.69) is 5.32 Å². The van der Waals surface area contributed by atoms with E-state index in [4.69, 9.17) is 33.3 Å². The Morgan fingerprint density at radius 1 is 1.17 bits per heavy atom. The molecule has 2 aromatic rings. The number of hydrogen-bond donors (Lipinski definition) is 1. The second-order valence-electron chi connectivity index (χ2n) is 5.93. The van der Waals surface area contributed by atoms with E-state index in [1.807, 2.05) is 0 Å². The number of nitro benzene ring substituents is 1. The molecule has 11 heteroatoms. The molecule has 0 saturated carbocycles. The van der Waals surface area contributed by atoms with Gasteiger partial charge >= 0.3 is 5.69 Å². The van der Waals surface area contributed by atoms with Crippen molar-refractivity contribution in [2.24, 2.45) is 0 Å². The maximum Gasteiger partial charge on any atom is 0.322 e. The molecule has 0 spiro atoms. The van der Waals surface area contributed by atoms with Crippen LogP contribution in [-0.4, -0.2) is 28.6 Å². The molecule has 29 heavy (non-hydrogen) atoms. The van der Waals surface area contributed by atoms with Crippen molar-refractivity contribution in [2.75, 3.05) is 11.7 Å². The molecule has 146 valence electrons. The van der Waals surface area contributed by atoms with E-state index in [1.54, 1.807) is 24.3 Å². The van der Waals surface area contributed by atoms with Crippen LogP contribution in [0.4, 0.5) is 11.4 Å². The average molecular weight is 432 g/mol. The van der Waals surface area contributed by atoms with Gasteiger partial charge < -0.3 is 9.47 Å². The first-order chi connectivity index (χ1) is 13.9. The van der Waals surface area contributed by atoms with Gasteiger partial charge in [0.05, 0.1) is 16.2 Å². The first-order valence-corrected chi connectivity index (χ1v) is 8.89. The number of nitrogens with one attached hydrogen (secondary N) is 1. The molecule has 2 amide bonds. The highest BCUT2D eigenvalue weighted by Gasteiger charge is 2.36. The van der Waals surface area contributed by atoms with Crippen LogP contribution in [-0.2, 0) is 9.59 Å². The van der Waals surface area contributed by atoms with Crippen molar-refractivity contribution in [3.05, 3.63) is 62.7 Å². The summed E-state index contributed by atoms with van der Waals surface area (Å²) in [5.74, 6) is -1.34. The molecule has 0 bridgehead atoms. The van der Waals surface area contributed by atoms with Crippen LogP contribution in [0.15, 0.2) is 42.0 Å². The van der Waals surface area contributed by atoms with Gasteiger partial charge in [0.15, 0.2) is 10.9 Å². The number of halogens is 1. The van der Waals surface area contributed by atoms with E-state index in [9.17, 15) is 19.7 Å². The molecule has 9 nitrogen and oxygen atoms in total. The Morgan fingerprint density at radius 2 is 1.90 bits per heavy atom. The van der Waals surface area contributed by atoms with E-state index >= 15 is 0 Å². The molecule has 2 aromatic carbocycles. The minimum Gasteiger partial charge on any atom is -0.453 e. The Kier molecular flexibility index (Phi) is 4.65. The summed E-state index contributed by atoms with van der Waals surface area (Å²) in [5.41, 5.74) is -0.327. The topological polar surface area (TPSA) is 111 Å². The summed E-state index contributed by atoms with van der Waals surface area (Å²) in [6, 6.07) is 9.09. The summed E-state index contributed by atoms with van der Waals surface area (Å²) >= 11 is 11.0. The zero-order valence-corrected chi connectivity index (χ0v) is 16.0. The molecule has 1 N–H and O–H groups in total. The van der Waals surface area contributed by atoms with Gasteiger partial charge in [-0.15, -0.1) is 0 Å². The predicted molar refractivity (Wildman–Crippen MR) is 107 cm³/mol. The van der Waals surface area contributed by atoms with Crippen LogP contribution in [0.3, 0.4) is 0 Å². The lowest BCUT2D eigenvalue weighted by molar-refractivity contribution is -0.385. The number of nitro groups is 1. The molecular formula is C18H10ClN3O6S. The van der Waals surface area contributed by atoms with Crippen LogP contribution in [0.2, 0.25) is 5.02 Å². The molecule has 0 aromatic heterocycles. The lowest BCUT2D eigenvalue weighted by Crippen LogP contribution is -2.54. The highest BCUT2D eigenvalue weighted by atomic mass is 35.5. The monoisotopic (exact) mass is 431 g/mol. The van der Waals surface area contributed by atoms with Crippen LogP contribution >= 0.6 is 23.8 Å². The van der Waals surface area contributed by atoms with Gasteiger partial charge in [-0.1, -0.05) is 11.6 Å². The van der Waals surface area contributed by atoms with Gasteiger partial charge in [-0.2, -0.15) is 0 Å². The first kappa shape index (κ1) is 18.8. The number of anilines is 1. The molecule has 0 aliphatic carbocycles. The fourth-order valence-corrected chi connectivity index (χ4v) is 3.32. The number of ether oxygens (including phenoxy) is 2. The van der Waals surface area contributed by atoms with Crippen LogP contribution in [0.5, 0.6) is 11.5 Å². The first-order valence-electron chi connectivity index (χ1n) is 8.11. The van der Waals surface area contributed by atoms with Gasteiger partial charge in [-0.05, 0) is 54.7 Å². The minimum absolute atomic E-state index is 0.0154. The molecular weight excluding hydrogens is 422 g/mol. The van der Waals surface area contributed by atoms with Gasteiger partial charge in [-0.25, -0.2) is 0 Å². The van der Waals surface area contributed by atoms with Gasteiger partial charge in [0.2, 0.25) is 12.5 Å². The summed E-state index contributed by atoms with van der Waals surface area (Å²) in [4.78, 5) is 37.4. The van der Waals surface area contributed by atoms with E-state index in [0.29, 0.717) is 10.7 Å². The maximum atomic E-state index is 13.0. The van der Waals surface area contributed by atoms with Crippen LogP contribution in [0.1, 0.15) is 5.56 Å². The normalized spacial score (nSPS) is 16.9. The standard InChI is InChI=1S/C18H10ClN3O6S/c19-10-2-4-11(5-3-10)21-17(24)12(16(23)20-18(21)29)7-9-1-6-13-15(28-8-27-13)14(9)22(25)26/h1-7H,8H2,(H,20,23,29)/b12-7+. The van der Waals surface area contributed by atoms with Gasteiger partial charge in [-0.3, -0.25) is 29.9 Å². The number of hydrogen-bond acceptors (Lipinski definition) is 7. The number of thiocarbonyl (C=S) groups is 1. The molecule has 0 radical (unpaired) electrons. The number of nitrogens with zero attached hydrogens (tertiary/aromatic N) is 2. The fraction of sp³-hybridized carbons (Fsp3) is 0.0556. The summed E-state index contributed by atoms with van der Waals surface area (Å²) in [6.45, 7) is -0.159. The van der Waals surface area contributed by atoms with Crippen molar-refractivity contribution in [2.45, 2.75) is 0 Å². The third kappa shape index (κ3) is 3.28. The van der Waals surface area contributed by atoms with E-state index < -0.39 is 22.4 Å². The molecule has 2 aliphatic rings. The molecule has 1 fully saturated rings. The average Bonchev–Trinajstić information content (AvgIpc) is 3.14. The molecule has 4 rings (SSSR count). The summed E-state index contributed by atoms with van der Waals surface area (Å²) in [7, 11) is 0. The highest BCUT2D eigenvalue weighted by Crippen LogP contribution is 2.43. The Morgan fingerprint density at radius 3 is 2.59 bits per heavy atom. The summed E-state index contributed by atoms with van der Waals surface area (Å²) in [6.07, 6.45) is 1.13. The summed E-state index contributed by atoms with van der Waals surface area (Å²) < 4.78 is 10.3. The van der Waals surface area contributed by atoms with Crippen molar-refractivity contribution in [1.82, 2.24) is 5.32 Å². The second-order valence-corrected chi connectivity index (χ2v) is 6.75. The third-order valence-corrected chi connectivity index (χ3v) is 4.75. The number of carbonyl (C=O) groups is 2. The number of benzene rings is 2. The van der Waals surface area contributed by atoms with Crippen molar-refractivity contribution in [3.63, 3.8) is 0 Å². The zero-order valence-electron chi connectivity index (χ0n) is 14.4. The van der Waals surface area contributed by atoms with Gasteiger partial charge in [0, 0.05) is 5.02 Å². The number of carbonyl (C=O) groups excluding carboxylic acids is 2. The largest absolute Gasteiger partial charge is 0.453 e. The van der Waals surface area contributed by atoms with Crippen LogP contribution in [0.25, 0.3) is 6.08 Å². The molecule has 2 heterocycles. The SMILES string of the molecule is O=C1NC(=S)N(c2ccc(Cl)cc2)C(=O)/C1=C/c1ccc2c(c1[N+](=O)[O-])OCO2. The zero-order chi connectivity index (χ0) is 20.7. The summed E-state index contributed by atoms with van der Waals surface area (Å²) in [5, 5.41) is 14.3. The van der Waals surface area contributed by atoms with E-state index in [-0.39, 0.29) is 34.5 Å². The van der Waals surface area contributed by atoms with Crippen molar-refractivity contribution in [1.29, 1.82) is 0 Å². The van der Waals surface area contributed by atoms with E-state index in [1.165, 1.54) is 12.1 Å². The van der Waals surface area contributed by atoms with Crippen molar-refractivity contribution in [3.8, 4) is 11.5 Å². The van der Waals surface area contributed by atoms with Crippen LogP contribution in [0, 0.1) is 10.1 Å². The Balaban J connectivity index is 1.80. The van der Waals surface area contributed by atoms with Gasteiger partial charge in [0.25, 0.3) is 11.8 Å². The maximum absolute atomic E-state index is 13.0. The second kappa shape index (κ2) is 7.15. The minimum atomic E-state index is -0.767. The van der Waals surface area contributed by atoms with Crippen molar-refractivity contribution >= 4 is 58.2 Å². The highest BCUT2D eigenvalue weighted by molar-refractivity contribution is 7.80. The Hall–Kier alpha value is -3.50. The number of amides is 2. The quantitative estimate of drug-likeness (QED) is 0.261. The Labute approximate surface area is 173 Å². The third-order valence-electron chi connectivity index (χ3n) is 4.21. The predicted octanol–water partition coefficient (Wildman–Crippen LogP) is 2.81. The van der Waals surface area contributed by atoms with Gasteiger partial charge in [0.1, 0.15) is 5.57 Å². The molecule has 2 aliphatic heterocycles. The lowest BCUT2D eigenvalue weighted by Gasteiger charge is -2.28.